The molecule has 1 saturated heterocycles. The first-order valence-electron chi connectivity index (χ1n) is 5.75. The van der Waals surface area contributed by atoms with Crippen molar-refractivity contribution in [3.8, 4) is 0 Å². The van der Waals surface area contributed by atoms with Crippen molar-refractivity contribution in [2.75, 3.05) is 19.7 Å². The van der Waals surface area contributed by atoms with E-state index >= 15 is 0 Å². The summed E-state index contributed by atoms with van der Waals surface area (Å²) >= 11 is 0. The Morgan fingerprint density at radius 1 is 1.08 bits per heavy atom. The Morgan fingerprint density at radius 2 is 1.92 bits per heavy atom. The molecule has 0 aromatic rings. The Balaban J connectivity index is 1.85. The zero-order valence-corrected chi connectivity index (χ0v) is 8.41. The molecule has 2 heteroatoms. The Bertz CT molecular complexity index is 156. The number of hydrogen-bond donors (Lipinski definition) is 1. The molecular formula is C11H21NO. The van der Waals surface area contributed by atoms with Crippen molar-refractivity contribution >= 4 is 0 Å². The first kappa shape index (κ1) is 9.47. The number of rotatable bonds is 3. The van der Waals surface area contributed by atoms with Crippen LogP contribution in [0.3, 0.4) is 0 Å². The second-order valence-corrected chi connectivity index (χ2v) is 4.62. The van der Waals surface area contributed by atoms with Crippen LogP contribution >= 0.6 is 0 Å². The van der Waals surface area contributed by atoms with E-state index in [1.807, 2.05) is 0 Å². The van der Waals surface area contributed by atoms with Gasteiger partial charge in [0.15, 0.2) is 0 Å². The topological polar surface area (TPSA) is 23.5 Å². The first-order chi connectivity index (χ1) is 6.40. The number of aliphatic hydroxyl groups excluding tert-OH is 1. The molecule has 0 bridgehead atoms. The van der Waals surface area contributed by atoms with E-state index in [0.717, 1.165) is 5.92 Å². The van der Waals surface area contributed by atoms with Gasteiger partial charge in [0.25, 0.3) is 0 Å². The van der Waals surface area contributed by atoms with Crippen LogP contribution in [0.25, 0.3) is 0 Å². The van der Waals surface area contributed by atoms with E-state index in [9.17, 15) is 5.11 Å². The van der Waals surface area contributed by atoms with Crippen LogP contribution in [0.1, 0.15) is 38.5 Å². The van der Waals surface area contributed by atoms with Crippen LogP contribution in [-0.4, -0.2) is 35.7 Å². The van der Waals surface area contributed by atoms with Crippen molar-refractivity contribution in [3.63, 3.8) is 0 Å². The minimum atomic E-state index is 0.368. The molecule has 0 aromatic heterocycles. The molecule has 1 unspecified atom stereocenters. The summed E-state index contributed by atoms with van der Waals surface area (Å²) in [5.74, 6) is 0.965. The van der Waals surface area contributed by atoms with Crippen LogP contribution in [0.15, 0.2) is 0 Å². The van der Waals surface area contributed by atoms with Gasteiger partial charge in [-0.2, -0.15) is 0 Å². The summed E-state index contributed by atoms with van der Waals surface area (Å²) in [6.45, 7) is 2.85. The summed E-state index contributed by atoms with van der Waals surface area (Å²) in [6.07, 6.45) is 8.07. The fraction of sp³-hybridized carbons (Fsp3) is 1.00. The number of nitrogens with zero attached hydrogens (tertiary/aromatic N) is 1. The summed E-state index contributed by atoms with van der Waals surface area (Å²) in [6, 6.07) is 0.475. The molecule has 0 spiro atoms. The van der Waals surface area contributed by atoms with Gasteiger partial charge in [-0.1, -0.05) is 12.8 Å². The second-order valence-electron chi connectivity index (χ2n) is 4.62. The van der Waals surface area contributed by atoms with E-state index in [4.69, 9.17) is 0 Å². The Kier molecular flexibility index (Phi) is 3.23. The lowest BCUT2D eigenvalue weighted by Gasteiger charge is -2.28. The third-order valence-corrected chi connectivity index (χ3v) is 3.40. The third-order valence-electron chi connectivity index (χ3n) is 3.40. The van der Waals surface area contributed by atoms with Crippen LogP contribution in [-0.2, 0) is 0 Å². The monoisotopic (exact) mass is 183 g/mol. The molecule has 2 aliphatic rings. The van der Waals surface area contributed by atoms with Gasteiger partial charge >= 0.3 is 0 Å². The largest absolute Gasteiger partial charge is 0.395 e. The Morgan fingerprint density at radius 3 is 2.62 bits per heavy atom. The molecule has 1 aliphatic heterocycles. The smallest absolute Gasteiger partial charge is 0.0586 e. The second kappa shape index (κ2) is 4.43. The normalized spacial score (nSPS) is 31.6. The van der Waals surface area contributed by atoms with Gasteiger partial charge in [0.05, 0.1) is 6.61 Å². The molecule has 76 valence electrons. The van der Waals surface area contributed by atoms with Gasteiger partial charge in [0.2, 0.25) is 0 Å². The molecule has 0 radical (unpaired) electrons. The fourth-order valence-corrected chi connectivity index (χ4v) is 2.32. The molecule has 1 heterocycles. The highest BCUT2D eigenvalue weighted by Gasteiger charge is 2.28. The standard InChI is InChI=1S/C11H21NO/c13-9-11-4-2-1-3-7-12(11)8-10-5-6-10/h10-11,13H,1-9H2. The summed E-state index contributed by atoms with van der Waals surface area (Å²) in [7, 11) is 0. The van der Waals surface area contributed by atoms with Gasteiger partial charge in [-0.3, -0.25) is 4.90 Å². The lowest BCUT2D eigenvalue weighted by Crippen LogP contribution is -2.38. The van der Waals surface area contributed by atoms with E-state index in [-0.39, 0.29) is 0 Å². The van der Waals surface area contributed by atoms with Crippen LogP contribution in [0.4, 0.5) is 0 Å². The van der Waals surface area contributed by atoms with Gasteiger partial charge in [0.1, 0.15) is 0 Å². The van der Waals surface area contributed by atoms with Gasteiger partial charge < -0.3 is 5.11 Å². The van der Waals surface area contributed by atoms with E-state index < -0.39 is 0 Å². The minimum absolute atomic E-state index is 0.368. The molecule has 2 nitrogen and oxygen atoms in total. The maximum absolute atomic E-state index is 9.28. The maximum Gasteiger partial charge on any atom is 0.0586 e. The number of hydrogen-bond acceptors (Lipinski definition) is 2. The molecule has 1 atom stereocenters. The molecule has 0 amide bonds. The lowest BCUT2D eigenvalue weighted by molar-refractivity contribution is 0.120. The van der Waals surface area contributed by atoms with E-state index in [1.165, 1.54) is 51.6 Å². The average molecular weight is 183 g/mol. The van der Waals surface area contributed by atoms with Gasteiger partial charge in [0, 0.05) is 12.6 Å². The van der Waals surface area contributed by atoms with Gasteiger partial charge in [-0.05, 0) is 38.1 Å². The van der Waals surface area contributed by atoms with Gasteiger partial charge in [-0.15, -0.1) is 0 Å². The Hall–Kier alpha value is -0.0800. The molecule has 0 aromatic carbocycles. The molecule has 2 fully saturated rings. The first-order valence-corrected chi connectivity index (χ1v) is 5.75. The van der Waals surface area contributed by atoms with Crippen molar-refractivity contribution in [2.24, 2.45) is 5.92 Å². The van der Waals surface area contributed by atoms with E-state index in [2.05, 4.69) is 4.90 Å². The van der Waals surface area contributed by atoms with E-state index in [1.54, 1.807) is 0 Å². The fourth-order valence-electron chi connectivity index (χ4n) is 2.32. The molecule has 1 saturated carbocycles. The Labute approximate surface area is 80.9 Å². The highest BCUT2D eigenvalue weighted by Crippen LogP contribution is 2.31. The van der Waals surface area contributed by atoms with Crippen LogP contribution in [0, 0.1) is 5.92 Å². The van der Waals surface area contributed by atoms with Crippen molar-refractivity contribution in [2.45, 2.75) is 44.6 Å². The van der Waals surface area contributed by atoms with Crippen LogP contribution in [0.2, 0.25) is 0 Å². The van der Waals surface area contributed by atoms with Crippen LogP contribution in [0.5, 0.6) is 0 Å². The highest BCUT2D eigenvalue weighted by molar-refractivity contribution is 4.82. The predicted octanol–water partition coefficient (Wildman–Crippen LogP) is 1.63. The zero-order chi connectivity index (χ0) is 9.10. The van der Waals surface area contributed by atoms with Crippen molar-refractivity contribution in [3.05, 3.63) is 0 Å². The molecule has 1 aliphatic carbocycles. The zero-order valence-electron chi connectivity index (χ0n) is 8.41. The molecule has 1 N–H and O–H groups in total. The van der Waals surface area contributed by atoms with Crippen molar-refractivity contribution in [1.82, 2.24) is 4.90 Å². The number of likely N-dealkylation sites (tertiary alicyclic amines) is 1. The molecule has 2 rings (SSSR count). The molecular weight excluding hydrogens is 162 g/mol. The van der Waals surface area contributed by atoms with E-state index in [0.29, 0.717) is 12.6 Å². The third kappa shape index (κ3) is 2.68. The quantitative estimate of drug-likeness (QED) is 0.719. The summed E-state index contributed by atoms with van der Waals surface area (Å²) < 4.78 is 0. The molecule has 13 heavy (non-hydrogen) atoms. The summed E-state index contributed by atoms with van der Waals surface area (Å²) in [5.41, 5.74) is 0. The van der Waals surface area contributed by atoms with Gasteiger partial charge in [-0.25, -0.2) is 0 Å². The van der Waals surface area contributed by atoms with Crippen molar-refractivity contribution < 1.29 is 5.11 Å². The number of aliphatic hydroxyl groups is 1. The summed E-state index contributed by atoms with van der Waals surface area (Å²) in [5, 5.41) is 9.28. The SMILES string of the molecule is OCC1CCCCCN1CC1CC1. The maximum atomic E-state index is 9.28. The summed E-state index contributed by atoms with van der Waals surface area (Å²) in [4.78, 5) is 2.53. The van der Waals surface area contributed by atoms with Crippen molar-refractivity contribution in [1.29, 1.82) is 0 Å². The average Bonchev–Trinajstić information content (AvgIpc) is 2.93. The van der Waals surface area contributed by atoms with Crippen LogP contribution < -0.4 is 0 Å². The minimum Gasteiger partial charge on any atom is -0.395 e. The lowest BCUT2D eigenvalue weighted by atomic mass is 10.1. The highest BCUT2D eigenvalue weighted by atomic mass is 16.3. The predicted molar refractivity (Wildman–Crippen MR) is 53.6 cm³/mol.